The Bertz CT molecular complexity index is 528. The fourth-order valence-corrected chi connectivity index (χ4v) is 1.96. The Morgan fingerprint density at radius 2 is 1.85 bits per heavy atom. The van der Waals surface area contributed by atoms with E-state index in [0.29, 0.717) is 12.2 Å². The molecular weight excluding hydrogens is 254 g/mol. The fraction of sp³-hybridized carbons (Fsp3) is 0.250. The molecule has 2 aromatic rings. The number of carboxylic acid groups (broad SMARTS) is 1. The summed E-state index contributed by atoms with van der Waals surface area (Å²) in [5.74, 6) is -0.958. The van der Waals surface area contributed by atoms with E-state index in [1.807, 2.05) is 30.3 Å². The van der Waals surface area contributed by atoms with Gasteiger partial charge in [0.25, 0.3) is 0 Å². The minimum Gasteiger partial charge on any atom is -0.479 e. The van der Waals surface area contributed by atoms with Gasteiger partial charge in [-0.1, -0.05) is 30.3 Å². The second kappa shape index (κ2) is 7.40. The van der Waals surface area contributed by atoms with Gasteiger partial charge in [-0.05, 0) is 36.1 Å². The highest BCUT2D eigenvalue weighted by molar-refractivity contribution is 5.74. The zero-order valence-corrected chi connectivity index (χ0v) is 11.1. The van der Waals surface area contributed by atoms with E-state index in [2.05, 4.69) is 4.98 Å². The van der Waals surface area contributed by atoms with Gasteiger partial charge >= 0.3 is 5.97 Å². The van der Waals surface area contributed by atoms with Gasteiger partial charge in [0.1, 0.15) is 0 Å². The van der Waals surface area contributed by atoms with Crippen molar-refractivity contribution in [1.29, 1.82) is 0 Å². The standard InChI is InChI=1S/C16H17NO3/c18-16(19)15(14-6-2-1-3-7-14)20-12-4-5-13-8-10-17-11-9-13/h1-3,6-11,15H,4-5,12H2,(H,18,19). The maximum Gasteiger partial charge on any atom is 0.337 e. The normalized spacial score (nSPS) is 12.0. The maximum atomic E-state index is 11.2. The van der Waals surface area contributed by atoms with Crippen molar-refractivity contribution in [1.82, 2.24) is 4.98 Å². The highest BCUT2D eigenvalue weighted by Crippen LogP contribution is 2.17. The molecule has 20 heavy (non-hydrogen) atoms. The molecule has 4 heteroatoms. The van der Waals surface area contributed by atoms with E-state index >= 15 is 0 Å². The van der Waals surface area contributed by atoms with Crippen molar-refractivity contribution in [3.63, 3.8) is 0 Å². The van der Waals surface area contributed by atoms with E-state index in [9.17, 15) is 9.90 Å². The Hall–Kier alpha value is -2.20. The molecule has 1 atom stereocenters. The average Bonchev–Trinajstić information content (AvgIpc) is 2.49. The molecule has 0 aliphatic carbocycles. The zero-order chi connectivity index (χ0) is 14.2. The number of carbonyl (C=O) groups is 1. The second-order valence-corrected chi connectivity index (χ2v) is 4.46. The SMILES string of the molecule is O=C(O)C(OCCCc1ccncc1)c1ccccc1. The maximum absolute atomic E-state index is 11.2. The van der Waals surface area contributed by atoms with E-state index in [0.717, 1.165) is 12.8 Å². The smallest absolute Gasteiger partial charge is 0.337 e. The van der Waals surface area contributed by atoms with Crippen LogP contribution in [0.1, 0.15) is 23.7 Å². The number of nitrogens with zero attached hydrogens (tertiary/aromatic N) is 1. The summed E-state index contributed by atoms with van der Waals surface area (Å²) < 4.78 is 5.50. The van der Waals surface area contributed by atoms with Crippen LogP contribution in [0.25, 0.3) is 0 Å². The van der Waals surface area contributed by atoms with Crippen LogP contribution in [-0.4, -0.2) is 22.7 Å². The predicted octanol–water partition coefficient (Wildman–Crippen LogP) is 2.86. The molecule has 1 aromatic carbocycles. The first kappa shape index (κ1) is 14.2. The zero-order valence-electron chi connectivity index (χ0n) is 11.1. The van der Waals surface area contributed by atoms with E-state index in [-0.39, 0.29) is 0 Å². The Morgan fingerprint density at radius 1 is 1.15 bits per heavy atom. The van der Waals surface area contributed by atoms with Crippen LogP contribution >= 0.6 is 0 Å². The van der Waals surface area contributed by atoms with Crippen LogP contribution in [0.2, 0.25) is 0 Å². The second-order valence-electron chi connectivity index (χ2n) is 4.46. The minimum absolute atomic E-state index is 0.411. The highest BCUT2D eigenvalue weighted by atomic mass is 16.5. The molecule has 0 saturated heterocycles. The van der Waals surface area contributed by atoms with Crippen LogP contribution in [0.4, 0.5) is 0 Å². The number of pyridine rings is 1. The van der Waals surface area contributed by atoms with Gasteiger partial charge in [-0.25, -0.2) is 4.79 Å². The van der Waals surface area contributed by atoms with Crippen LogP contribution in [0.5, 0.6) is 0 Å². The summed E-state index contributed by atoms with van der Waals surface area (Å²) in [6, 6.07) is 12.9. The predicted molar refractivity (Wildman–Crippen MR) is 75.3 cm³/mol. The molecule has 0 amide bonds. The van der Waals surface area contributed by atoms with Gasteiger partial charge in [-0.2, -0.15) is 0 Å². The average molecular weight is 271 g/mol. The lowest BCUT2D eigenvalue weighted by Crippen LogP contribution is -2.16. The van der Waals surface area contributed by atoms with Gasteiger partial charge in [0.2, 0.25) is 0 Å². The molecule has 0 saturated carbocycles. The van der Waals surface area contributed by atoms with Crippen LogP contribution in [0.3, 0.4) is 0 Å². The molecule has 1 unspecified atom stereocenters. The third kappa shape index (κ3) is 4.17. The van der Waals surface area contributed by atoms with Gasteiger partial charge in [0.15, 0.2) is 6.10 Å². The lowest BCUT2D eigenvalue weighted by Gasteiger charge is -2.13. The van der Waals surface area contributed by atoms with Crippen molar-refractivity contribution in [2.24, 2.45) is 0 Å². The van der Waals surface area contributed by atoms with Crippen molar-refractivity contribution >= 4 is 5.97 Å². The molecule has 1 heterocycles. The van der Waals surface area contributed by atoms with Gasteiger partial charge in [-0.3, -0.25) is 4.98 Å². The Labute approximate surface area is 118 Å². The summed E-state index contributed by atoms with van der Waals surface area (Å²) in [7, 11) is 0. The summed E-state index contributed by atoms with van der Waals surface area (Å²) in [5.41, 5.74) is 1.85. The molecule has 0 aliphatic rings. The number of carboxylic acids is 1. The molecule has 1 aromatic heterocycles. The van der Waals surface area contributed by atoms with Gasteiger partial charge in [0, 0.05) is 19.0 Å². The van der Waals surface area contributed by atoms with Gasteiger partial charge in [0.05, 0.1) is 0 Å². The van der Waals surface area contributed by atoms with Crippen LogP contribution in [0.15, 0.2) is 54.9 Å². The first-order chi connectivity index (χ1) is 9.77. The molecule has 0 fully saturated rings. The Balaban J connectivity index is 1.83. The van der Waals surface area contributed by atoms with Crippen molar-refractivity contribution in [2.75, 3.05) is 6.61 Å². The summed E-state index contributed by atoms with van der Waals surface area (Å²) >= 11 is 0. The molecule has 0 aliphatic heterocycles. The number of aryl methyl sites for hydroxylation is 1. The first-order valence-electron chi connectivity index (χ1n) is 6.55. The largest absolute Gasteiger partial charge is 0.479 e. The fourth-order valence-electron chi connectivity index (χ4n) is 1.96. The lowest BCUT2D eigenvalue weighted by atomic mass is 10.1. The van der Waals surface area contributed by atoms with Gasteiger partial charge in [-0.15, -0.1) is 0 Å². The molecule has 0 bridgehead atoms. The lowest BCUT2D eigenvalue weighted by molar-refractivity contribution is -0.151. The van der Waals surface area contributed by atoms with E-state index in [4.69, 9.17) is 4.74 Å². The van der Waals surface area contributed by atoms with Crippen molar-refractivity contribution < 1.29 is 14.6 Å². The Kier molecular flexibility index (Phi) is 5.26. The number of hydrogen-bond acceptors (Lipinski definition) is 3. The Morgan fingerprint density at radius 3 is 2.50 bits per heavy atom. The van der Waals surface area contributed by atoms with Crippen molar-refractivity contribution in [2.45, 2.75) is 18.9 Å². The summed E-state index contributed by atoms with van der Waals surface area (Å²) in [4.78, 5) is 15.2. The van der Waals surface area contributed by atoms with E-state index in [1.54, 1.807) is 24.5 Å². The van der Waals surface area contributed by atoms with E-state index in [1.165, 1.54) is 5.56 Å². The van der Waals surface area contributed by atoms with E-state index < -0.39 is 12.1 Å². The van der Waals surface area contributed by atoms with Crippen molar-refractivity contribution in [3.8, 4) is 0 Å². The van der Waals surface area contributed by atoms with Gasteiger partial charge < -0.3 is 9.84 Å². The molecule has 2 rings (SSSR count). The molecule has 4 nitrogen and oxygen atoms in total. The van der Waals surface area contributed by atoms with Crippen LogP contribution in [-0.2, 0) is 16.0 Å². The van der Waals surface area contributed by atoms with Crippen molar-refractivity contribution in [3.05, 3.63) is 66.0 Å². The number of rotatable bonds is 7. The molecular formula is C16H17NO3. The highest BCUT2D eigenvalue weighted by Gasteiger charge is 2.19. The summed E-state index contributed by atoms with van der Waals surface area (Å²) in [5, 5.41) is 9.21. The monoisotopic (exact) mass is 271 g/mol. The number of hydrogen-bond donors (Lipinski definition) is 1. The molecule has 1 N–H and O–H groups in total. The topological polar surface area (TPSA) is 59.4 Å². The van der Waals surface area contributed by atoms with Crippen LogP contribution < -0.4 is 0 Å². The summed E-state index contributed by atoms with van der Waals surface area (Å²) in [6.45, 7) is 0.411. The molecule has 0 spiro atoms. The summed E-state index contributed by atoms with van der Waals surface area (Å²) in [6.07, 6.45) is 4.23. The third-order valence-corrected chi connectivity index (χ3v) is 2.97. The van der Waals surface area contributed by atoms with Crippen LogP contribution in [0, 0.1) is 0 Å². The first-order valence-corrected chi connectivity index (χ1v) is 6.55. The minimum atomic E-state index is -0.958. The molecule has 104 valence electrons. The number of aromatic nitrogens is 1. The number of ether oxygens (including phenoxy) is 1. The number of benzene rings is 1. The third-order valence-electron chi connectivity index (χ3n) is 2.97. The molecule has 0 radical (unpaired) electrons. The quantitative estimate of drug-likeness (QED) is 0.787. The number of aliphatic carboxylic acids is 1.